The molecule has 1 atom stereocenters. The first-order valence-electron chi connectivity index (χ1n) is 8.28. The van der Waals surface area contributed by atoms with E-state index >= 15 is 0 Å². The van der Waals surface area contributed by atoms with Crippen molar-refractivity contribution in [2.45, 2.75) is 25.4 Å². The van der Waals surface area contributed by atoms with E-state index in [1.807, 2.05) is 16.7 Å². The third-order valence-electron chi connectivity index (χ3n) is 4.43. The second kappa shape index (κ2) is 6.69. The van der Waals surface area contributed by atoms with Crippen LogP contribution in [0.1, 0.15) is 23.0 Å². The van der Waals surface area contributed by atoms with Gasteiger partial charge in [-0.2, -0.15) is 13.2 Å². The van der Waals surface area contributed by atoms with E-state index in [1.54, 1.807) is 12.4 Å². The van der Waals surface area contributed by atoms with Gasteiger partial charge >= 0.3 is 6.18 Å². The summed E-state index contributed by atoms with van der Waals surface area (Å²) in [5.41, 5.74) is 1.42. The van der Waals surface area contributed by atoms with Crippen LogP contribution in [-0.4, -0.2) is 27.7 Å². The van der Waals surface area contributed by atoms with Gasteiger partial charge in [0.1, 0.15) is 12.4 Å². The maximum atomic E-state index is 12.9. The first-order chi connectivity index (χ1) is 12.5. The summed E-state index contributed by atoms with van der Waals surface area (Å²) in [7, 11) is 0. The van der Waals surface area contributed by atoms with E-state index in [1.165, 1.54) is 6.07 Å². The summed E-state index contributed by atoms with van der Waals surface area (Å²) < 4.78 is 46.3. The highest BCUT2D eigenvalue weighted by atomic mass is 19.4. The van der Waals surface area contributed by atoms with Crippen LogP contribution in [0.5, 0.6) is 0 Å². The predicted molar refractivity (Wildman–Crippen MR) is 89.4 cm³/mol. The molecule has 0 bridgehead atoms. The summed E-state index contributed by atoms with van der Waals surface area (Å²) in [6, 6.07) is 7.52. The number of rotatable bonds is 4. The lowest BCUT2D eigenvalue weighted by atomic mass is 10.2. The lowest BCUT2D eigenvalue weighted by molar-refractivity contribution is -0.137. The van der Waals surface area contributed by atoms with E-state index in [2.05, 4.69) is 15.3 Å². The normalized spacial score (nSPS) is 17.4. The van der Waals surface area contributed by atoms with Crippen molar-refractivity contribution in [3.8, 4) is 0 Å². The molecule has 5 nitrogen and oxygen atoms in total. The summed E-state index contributed by atoms with van der Waals surface area (Å²) in [6.45, 7) is 2.06. The summed E-state index contributed by atoms with van der Waals surface area (Å²) in [5.74, 6) is 0.652. The van der Waals surface area contributed by atoms with Crippen molar-refractivity contribution in [1.29, 1.82) is 0 Å². The third kappa shape index (κ3) is 3.30. The average Bonchev–Trinajstić information content (AvgIpc) is 3.00. The number of pyridine rings is 1. The van der Waals surface area contributed by atoms with Crippen LogP contribution >= 0.6 is 0 Å². The molecule has 0 unspecified atom stereocenters. The molecule has 0 spiro atoms. The van der Waals surface area contributed by atoms with E-state index in [-0.39, 0.29) is 6.04 Å². The lowest BCUT2D eigenvalue weighted by Gasteiger charge is -2.26. The van der Waals surface area contributed by atoms with Gasteiger partial charge in [-0.15, -0.1) is 0 Å². The Bertz CT molecular complexity index is 908. The van der Waals surface area contributed by atoms with Gasteiger partial charge in [-0.3, -0.25) is 4.98 Å². The van der Waals surface area contributed by atoms with Gasteiger partial charge in [0.15, 0.2) is 0 Å². The summed E-state index contributed by atoms with van der Waals surface area (Å²) in [4.78, 5) is 8.42. The molecule has 0 aliphatic carbocycles. The van der Waals surface area contributed by atoms with Crippen LogP contribution in [0.2, 0.25) is 0 Å². The molecule has 1 aromatic carbocycles. The molecule has 4 rings (SSSR count). The fourth-order valence-electron chi connectivity index (χ4n) is 3.23. The molecule has 3 aromatic rings. The SMILES string of the molecule is FC(F)(F)c1ccc2c(c1)nc1n2[C@@H](CNCc2cccnc2)COC1. The number of nitrogens with zero attached hydrogens (tertiary/aromatic N) is 3. The van der Waals surface area contributed by atoms with Gasteiger partial charge in [0.25, 0.3) is 0 Å². The summed E-state index contributed by atoms with van der Waals surface area (Å²) >= 11 is 0. The minimum atomic E-state index is -4.38. The van der Waals surface area contributed by atoms with Crippen LogP contribution in [0.25, 0.3) is 11.0 Å². The van der Waals surface area contributed by atoms with Crippen molar-refractivity contribution < 1.29 is 17.9 Å². The Morgan fingerprint density at radius 1 is 1.27 bits per heavy atom. The van der Waals surface area contributed by atoms with Crippen molar-refractivity contribution in [3.05, 3.63) is 59.7 Å². The molecule has 0 fully saturated rings. The molecule has 1 N–H and O–H groups in total. The monoisotopic (exact) mass is 362 g/mol. The third-order valence-corrected chi connectivity index (χ3v) is 4.43. The van der Waals surface area contributed by atoms with Crippen LogP contribution in [0.15, 0.2) is 42.7 Å². The Balaban J connectivity index is 1.57. The predicted octanol–water partition coefficient (Wildman–Crippen LogP) is 3.31. The molecular weight excluding hydrogens is 345 g/mol. The smallest absolute Gasteiger partial charge is 0.371 e. The molecule has 8 heteroatoms. The summed E-state index contributed by atoms with van der Waals surface area (Å²) in [6.07, 6.45) is -0.863. The minimum absolute atomic E-state index is 0.0304. The van der Waals surface area contributed by atoms with Crippen LogP contribution in [0.4, 0.5) is 13.2 Å². The van der Waals surface area contributed by atoms with Gasteiger partial charge in [0, 0.05) is 25.5 Å². The standard InChI is InChI=1S/C18H17F3N4O/c19-18(20,21)13-3-4-16-15(6-13)24-17-11-26-10-14(25(16)17)9-23-8-12-2-1-5-22-7-12/h1-7,14,23H,8-11H2/t14-/m0/s1. The highest BCUT2D eigenvalue weighted by Gasteiger charge is 2.32. The van der Waals surface area contributed by atoms with Gasteiger partial charge in [-0.25, -0.2) is 4.98 Å². The Hall–Kier alpha value is -2.45. The zero-order valence-corrected chi connectivity index (χ0v) is 13.8. The molecule has 0 saturated carbocycles. The van der Waals surface area contributed by atoms with E-state index in [0.29, 0.717) is 43.2 Å². The Morgan fingerprint density at radius 3 is 2.92 bits per heavy atom. The van der Waals surface area contributed by atoms with Gasteiger partial charge in [-0.1, -0.05) is 6.07 Å². The van der Waals surface area contributed by atoms with Crippen molar-refractivity contribution >= 4 is 11.0 Å². The van der Waals surface area contributed by atoms with Crippen LogP contribution in [-0.2, 0) is 24.1 Å². The number of benzene rings is 1. The average molecular weight is 362 g/mol. The van der Waals surface area contributed by atoms with Crippen molar-refractivity contribution in [3.63, 3.8) is 0 Å². The van der Waals surface area contributed by atoms with Gasteiger partial charge in [0.2, 0.25) is 0 Å². The Kier molecular flexibility index (Phi) is 4.37. The number of nitrogens with one attached hydrogen (secondary N) is 1. The highest BCUT2D eigenvalue weighted by molar-refractivity contribution is 5.77. The number of halogens is 3. The number of hydrogen-bond acceptors (Lipinski definition) is 4. The van der Waals surface area contributed by atoms with Gasteiger partial charge in [0.05, 0.1) is 29.2 Å². The van der Waals surface area contributed by atoms with E-state index in [4.69, 9.17) is 4.74 Å². The highest BCUT2D eigenvalue weighted by Crippen LogP contribution is 2.33. The molecule has 1 aliphatic heterocycles. The molecule has 0 saturated heterocycles. The first-order valence-corrected chi connectivity index (χ1v) is 8.28. The molecule has 1 aliphatic rings. The second-order valence-electron chi connectivity index (χ2n) is 6.26. The van der Waals surface area contributed by atoms with Crippen molar-refractivity contribution in [2.24, 2.45) is 0 Å². The number of fused-ring (bicyclic) bond motifs is 3. The quantitative estimate of drug-likeness (QED) is 0.774. The molecule has 136 valence electrons. The fraction of sp³-hybridized carbons (Fsp3) is 0.333. The topological polar surface area (TPSA) is 52.0 Å². The molecule has 2 aromatic heterocycles. The van der Waals surface area contributed by atoms with Crippen molar-refractivity contribution in [1.82, 2.24) is 19.9 Å². The van der Waals surface area contributed by atoms with E-state index in [9.17, 15) is 13.2 Å². The zero-order chi connectivity index (χ0) is 18.1. The molecule has 0 amide bonds. The Labute approximate surface area is 147 Å². The number of ether oxygens (including phenoxy) is 1. The lowest BCUT2D eigenvalue weighted by Crippen LogP contribution is -2.32. The zero-order valence-electron chi connectivity index (χ0n) is 13.8. The van der Waals surface area contributed by atoms with Gasteiger partial charge in [-0.05, 0) is 29.8 Å². The molecular formula is C18H17F3N4O. The number of imidazole rings is 1. The van der Waals surface area contributed by atoms with Crippen LogP contribution in [0, 0.1) is 0 Å². The molecule has 3 heterocycles. The number of alkyl halides is 3. The second-order valence-corrected chi connectivity index (χ2v) is 6.26. The summed E-state index contributed by atoms with van der Waals surface area (Å²) in [5, 5.41) is 3.35. The van der Waals surface area contributed by atoms with E-state index < -0.39 is 11.7 Å². The molecule has 26 heavy (non-hydrogen) atoms. The van der Waals surface area contributed by atoms with Crippen LogP contribution in [0.3, 0.4) is 0 Å². The maximum absolute atomic E-state index is 12.9. The maximum Gasteiger partial charge on any atom is 0.416 e. The minimum Gasteiger partial charge on any atom is -0.371 e. The van der Waals surface area contributed by atoms with Gasteiger partial charge < -0.3 is 14.6 Å². The first kappa shape index (κ1) is 17.0. The number of aromatic nitrogens is 3. The molecule has 0 radical (unpaired) electrons. The Morgan fingerprint density at radius 2 is 2.15 bits per heavy atom. The van der Waals surface area contributed by atoms with Crippen LogP contribution < -0.4 is 5.32 Å². The largest absolute Gasteiger partial charge is 0.416 e. The van der Waals surface area contributed by atoms with Crippen molar-refractivity contribution in [2.75, 3.05) is 13.2 Å². The van der Waals surface area contributed by atoms with E-state index in [0.717, 1.165) is 17.7 Å². The number of hydrogen-bond donors (Lipinski definition) is 1. The fourth-order valence-corrected chi connectivity index (χ4v) is 3.23.